The minimum atomic E-state index is -0.481. The summed E-state index contributed by atoms with van der Waals surface area (Å²) >= 11 is 0. The van der Waals surface area contributed by atoms with Crippen LogP contribution in [0.2, 0.25) is 0 Å². The molecule has 5 nitrogen and oxygen atoms in total. The van der Waals surface area contributed by atoms with Gasteiger partial charge in [0.05, 0.1) is 6.42 Å². The zero-order chi connectivity index (χ0) is 17.7. The number of amides is 2. The molecule has 0 saturated carbocycles. The molecule has 2 aromatic rings. The number of hydrogen-bond acceptors (Lipinski definition) is 3. The highest BCUT2D eigenvalue weighted by molar-refractivity contribution is 6.04. The molecule has 2 aromatic carbocycles. The van der Waals surface area contributed by atoms with Gasteiger partial charge in [-0.05, 0) is 40.8 Å². The summed E-state index contributed by atoms with van der Waals surface area (Å²) in [6.45, 7) is 6.38. The lowest BCUT2D eigenvalue weighted by Crippen LogP contribution is -2.20. The minimum Gasteiger partial charge on any atom is -0.322 e. The number of hydrogen-bond donors (Lipinski definition) is 3. The third-order valence-corrected chi connectivity index (χ3v) is 3.71. The van der Waals surface area contributed by atoms with Crippen LogP contribution >= 0.6 is 0 Å². The van der Waals surface area contributed by atoms with E-state index in [0.29, 0.717) is 11.3 Å². The Balaban J connectivity index is 2.03. The van der Waals surface area contributed by atoms with Gasteiger partial charge in [0.25, 0.3) is 5.91 Å². The van der Waals surface area contributed by atoms with Gasteiger partial charge in [0, 0.05) is 11.3 Å². The van der Waals surface area contributed by atoms with Crippen molar-refractivity contribution in [1.29, 1.82) is 0 Å². The Morgan fingerprint density at radius 2 is 1.54 bits per heavy atom. The number of carbonyl (C=O) groups excluding carboxylic acids is 2. The van der Waals surface area contributed by atoms with Gasteiger partial charge in [-0.2, -0.15) is 0 Å². The molecule has 0 saturated heterocycles. The zero-order valence-corrected chi connectivity index (χ0v) is 14.1. The number of nitrogens with one attached hydrogen (secondary N) is 2. The Hall–Kier alpha value is -2.66. The molecule has 3 N–H and O–H groups in total. The van der Waals surface area contributed by atoms with Gasteiger partial charge in [-0.3, -0.25) is 14.8 Å². The normalized spacial score (nSPS) is 11.0. The van der Waals surface area contributed by atoms with Gasteiger partial charge in [-0.1, -0.05) is 45.0 Å². The van der Waals surface area contributed by atoms with Crippen molar-refractivity contribution in [2.75, 3.05) is 5.32 Å². The summed E-state index contributed by atoms with van der Waals surface area (Å²) in [4.78, 5) is 23.4. The van der Waals surface area contributed by atoms with Gasteiger partial charge < -0.3 is 5.32 Å². The molecule has 126 valence electrons. The monoisotopic (exact) mass is 326 g/mol. The van der Waals surface area contributed by atoms with Crippen molar-refractivity contribution in [2.45, 2.75) is 32.6 Å². The maximum Gasteiger partial charge on any atom is 0.255 e. The van der Waals surface area contributed by atoms with Crippen molar-refractivity contribution in [3.8, 4) is 0 Å². The average molecular weight is 326 g/mol. The van der Waals surface area contributed by atoms with E-state index in [1.165, 1.54) is 5.56 Å². The standard InChI is InChI=1S/C19H22N2O3/c1-19(2,3)15-8-6-14(7-9-15)18(23)20-16-10-4-13(5-11-16)12-17(22)21-24/h4-11,24H,12H2,1-3H3,(H,20,23)(H,21,22). The van der Waals surface area contributed by atoms with Gasteiger partial charge in [-0.25, -0.2) is 5.48 Å². The second-order valence-electron chi connectivity index (χ2n) is 6.69. The number of benzene rings is 2. The molecule has 0 aliphatic rings. The Labute approximate surface area is 141 Å². The van der Waals surface area contributed by atoms with Crippen LogP contribution in [0, 0.1) is 0 Å². The predicted molar refractivity (Wildman–Crippen MR) is 93.2 cm³/mol. The van der Waals surface area contributed by atoms with E-state index in [4.69, 9.17) is 5.21 Å². The fourth-order valence-electron chi connectivity index (χ4n) is 2.26. The first-order valence-corrected chi connectivity index (χ1v) is 7.73. The lowest BCUT2D eigenvalue weighted by atomic mass is 9.87. The van der Waals surface area contributed by atoms with E-state index in [2.05, 4.69) is 26.1 Å². The molecule has 0 spiro atoms. The van der Waals surface area contributed by atoms with Crippen LogP contribution in [0.5, 0.6) is 0 Å². The highest BCUT2D eigenvalue weighted by Crippen LogP contribution is 2.22. The molecule has 24 heavy (non-hydrogen) atoms. The van der Waals surface area contributed by atoms with Gasteiger partial charge in [-0.15, -0.1) is 0 Å². The maximum absolute atomic E-state index is 12.3. The molecule has 0 unspecified atom stereocenters. The van der Waals surface area contributed by atoms with Crippen LogP contribution < -0.4 is 10.8 Å². The summed E-state index contributed by atoms with van der Waals surface area (Å²) in [5, 5.41) is 11.3. The Morgan fingerprint density at radius 1 is 0.958 bits per heavy atom. The predicted octanol–water partition coefficient (Wildman–Crippen LogP) is 3.28. The smallest absolute Gasteiger partial charge is 0.255 e. The van der Waals surface area contributed by atoms with E-state index >= 15 is 0 Å². The van der Waals surface area contributed by atoms with Crippen molar-refractivity contribution in [3.63, 3.8) is 0 Å². The highest BCUT2D eigenvalue weighted by Gasteiger charge is 2.14. The van der Waals surface area contributed by atoms with Crippen molar-refractivity contribution >= 4 is 17.5 Å². The second-order valence-corrected chi connectivity index (χ2v) is 6.69. The van der Waals surface area contributed by atoms with E-state index in [1.54, 1.807) is 29.7 Å². The second kappa shape index (κ2) is 7.27. The summed E-state index contributed by atoms with van der Waals surface area (Å²) in [5.41, 5.74) is 4.79. The van der Waals surface area contributed by atoms with Crippen LogP contribution in [0.15, 0.2) is 48.5 Å². The Morgan fingerprint density at radius 3 is 2.04 bits per heavy atom. The van der Waals surface area contributed by atoms with Gasteiger partial charge in [0.15, 0.2) is 0 Å². The molecule has 0 radical (unpaired) electrons. The maximum atomic E-state index is 12.3. The molecule has 0 bridgehead atoms. The van der Waals surface area contributed by atoms with Crippen LogP contribution in [0.4, 0.5) is 5.69 Å². The molecular formula is C19H22N2O3. The fraction of sp³-hybridized carbons (Fsp3) is 0.263. The van der Waals surface area contributed by atoms with E-state index in [-0.39, 0.29) is 17.7 Å². The lowest BCUT2D eigenvalue weighted by molar-refractivity contribution is -0.128. The van der Waals surface area contributed by atoms with Crippen LogP contribution in [-0.4, -0.2) is 17.0 Å². The van der Waals surface area contributed by atoms with Gasteiger partial charge in [0.2, 0.25) is 5.91 Å². The van der Waals surface area contributed by atoms with Crippen molar-refractivity contribution in [2.24, 2.45) is 0 Å². The van der Waals surface area contributed by atoms with E-state index in [0.717, 1.165) is 5.56 Å². The molecule has 0 aromatic heterocycles. The Kier molecular flexibility index (Phi) is 5.36. The SMILES string of the molecule is CC(C)(C)c1ccc(C(=O)Nc2ccc(CC(=O)NO)cc2)cc1. The molecule has 0 atom stereocenters. The zero-order valence-electron chi connectivity index (χ0n) is 14.1. The molecule has 0 heterocycles. The first-order valence-electron chi connectivity index (χ1n) is 7.73. The van der Waals surface area contributed by atoms with Crippen molar-refractivity contribution < 1.29 is 14.8 Å². The quantitative estimate of drug-likeness (QED) is 0.596. The molecule has 2 rings (SSSR count). The summed E-state index contributed by atoms with van der Waals surface area (Å²) < 4.78 is 0. The largest absolute Gasteiger partial charge is 0.322 e. The third-order valence-electron chi connectivity index (χ3n) is 3.71. The minimum absolute atomic E-state index is 0.0473. The molecule has 0 fully saturated rings. The molecule has 0 aliphatic carbocycles. The number of anilines is 1. The molecule has 5 heteroatoms. The number of rotatable bonds is 4. The van der Waals surface area contributed by atoms with E-state index in [1.807, 2.05) is 24.3 Å². The molecule has 0 aliphatic heterocycles. The van der Waals surface area contributed by atoms with Gasteiger partial charge in [0.1, 0.15) is 0 Å². The molecular weight excluding hydrogens is 304 g/mol. The van der Waals surface area contributed by atoms with E-state index in [9.17, 15) is 9.59 Å². The van der Waals surface area contributed by atoms with Crippen molar-refractivity contribution in [3.05, 3.63) is 65.2 Å². The first-order chi connectivity index (χ1) is 11.3. The number of carbonyl (C=O) groups is 2. The lowest BCUT2D eigenvalue weighted by Gasteiger charge is -2.19. The van der Waals surface area contributed by atoms with Crippen LogP contribution in [0.25, 0.3) is 0 Å². The van der Waals surface area contributed by atoms with Crippen LogP contribution in [-0.2, 0) is 16.6 Å². The van der Waals surface area contributed by atoms with Crippen LogP contribution in [0.3, 0.4) is 0 Å². The van der Waals surface area contributed by atoms with Crippen molar-refractivity contribution in [1.82, 2.24) is 5.48 Å². The fourth-order valence-corrected chi connectivity index (χ4v) is 2.26. The average Bonchev–Trinajstić information content (AvgIpc) is 2.55. The summed E-state index contributed by atoms with van der Waals surface area (Å²) in [5.74, 6) is -0.665. The first kappa shape index (κ1) is 17.7. The molecule has 2 amide bonds. The van der Waals surface area contributed by atoms with Crippen LogP contribution in [0.1, 0.15) is 42.3 Å². The Bertz CT molecular complexity index is 714. The van der Waals surface area contributed by atoms with E-state index < -0.39 is 5.91 Å². The summed E-state index contributed by atoms with van der Waals surface area (Å²) in [6, 6.07) is 14.5. The summed E-state index contributed by atoms with van der Waals surface area (Å²) in [6.07, 6.45) is 0.0823. The van der Waals surface area contributed by atoms with Gasteiger partial charge >= 0.3 is 0 Å². The topological polar surface area (TPSA) is 78.4 Å². The third kappa shape index (κ3) is 4.67. The highest BCUT2D eigenvalue weighted by atomic mass is 16.5. The number of hydroxylamine groups is 1. The summed E-state index contributed by atoms with van der Waals surface area (Å²) in [7, 11) is 0.